The molecule has 1 fully saturated rings. The van der Waals surface area contributed by atoms with Crippen LogP contribution in [0.1, 0.15) is 47.1 Å². The molecule has 0 atom stereocenters. The zero-order valence-electron chi connectivity index (χ0n) is 18.3. The Kier molecular flexibility index (Phi) is 6.67. The lowest BCUT2D eigenvalue weighted by Crippen LogP contribution is -2.50. The highest BCUT2D eigenvalue weighted by Crippen LogP contribution is 2.21. The summed E-state index contributed by atoms with van der Waals surface area (Å²) in [7, 11) is -3.82. The van der Waals surface area contributed by atoms with Gasteiger partial charge < -0.3 is 10.2 Å². The molecule has 1 aliphatic rings. The summed E-state index contributed by atoms with van der Waals surface area (Å²) in [4.78, 5) is 26.7. The van der Waals surface area contributed by atoms with Crippen LogP contribution in [0.25, 0.3) is 0 Å². The Morgan fingerprint density at radius 3 is 2.06 bits per heavy atom. The summed E-state index contributed by atoms with van der Waals surface area (Å²) in [6.07, 6.45) is 0. The van der Waals surface area contributed by atoms with Crippen LogP contribution in [-0.2, 0) is 10.0 Å². The van der Waals surface area contributed by atoms with Crippen LogP contribution in [-0.4, -0.2) is 61.2 Å². The summed E-state index contributed by atoms with van der Waals surface area (Å²) in [6.45, 7) is 6.42. The SMILES string of the molecule is CC(C)(C)NC(=O)c1ccc(C(=O)N2CCN(S(=O)(=O)c3ccccc3C#N)CC2)cc1. The minimum Gasteiger partial charge on any atom is -0.347 e. The van der Waals surface area contributed by atoms with E-state index < -0.39 is 10.0 Å². The molecule has 0 spiro atoms. The van der Waals surface area contributed by atoms with Gasteiger partial charge in [0, 0.05) is 42.8 Å². The van der Waals surface area contributed by atoms with Crippen molar-refractivity contribution < 1.29 is 18.0 Å². The van der Waals surface area contributed by atoms with Gasteiger partial charge in [0.2, 0.25) is 10.0 Å². The highest BCUT2D eigenvalue weighted by Gasteiger charge is 2.32. The molecular weight excluding hydrogens is 428 g/mol. The number of nitriles is 1. The fourth-order valence-electron chi connectivity index (χ4n) is 3.41. The topological polar surface area (TPSA) is 111 Å². The van der Waals surface area contributed by atoms with E-state index in [0.717, 1.165) is 0 Å². The Balaban J connectivity index is 1.66. The quantitative estimate of drug-likeness (QED) is 0.762. The zero-order chi connectivity index (χ0) is 23.5. The number of hydrogen-bond acceptors (Lipinski definition) is 5. The lowest BCUT2D eigenvalue weighted by molar-refractivity contribution is 0.0697. The molecule has 0 aliphatic carbocycles. The third-order valence-corrected chi connectivity index (χ3v) is 6.99. The first-order valence-corrected chi connectivity index (χ1v) is 11.7. The monoisotopic (exact) mass is 454 g/mol. The van der Waals surface area contributed by atoms with Crippen molar-refractivity contribution in [2.45, 2.75) is 31.2 Å². The largest absolute Gasteiger partial charge is 0.347 e. The van der Waals surface area contributed by atoms with Crippen LogP contribution in [0.5, 0.6) is 0 Å². The van der Waals surface area contributed by atoms with E-state index in [1.165, 1.54) is 16.4 Å². The molecule has 9 heteroatoms. The maximum Gasteiger partial charge on any atom is 0.253 e. The Labute approximate surface area is 188 Å². The van der Waals surface area contributed by atoms with Gasteiger partial charge in [-0.2, -0.15) is 9.57 Å². The van der Waals surface area contributed by atoms with Crippen LogP contribution >= 0.6 is 0 Å². The van der Waals surface area contributed by atoms with Crippen molar-refractivity contribution in [2.75, 3.05) is 26.2 Å². The van der Waals surface area contributed by atoms with Crippen molar-refractivity contribution in [3.05, 3.63) is 65.2 Å². The maximum atomic E-state index is 12.9. The van der Waals surface area contributed by atoms with E-state index in [2.05, 4.69) is 5.32 Å². The van der Waals surface area contributed by atoms with Gasteiger partial charge in [0.15, 0.2) is 0 Å². The lowest BCUT2D eigenvalue weighted by Gasteiger charge is -2.34. The summed E-state index contributed by atoms with van der Waals surface area (Å²) in [6, 6.07) is 14.4. The molecule has 8 nitrogen and oxygen atoms in total. The molecule has 1 saturated heterocycles. The average Bonchev–Trinajstić information content (AvgIpc) is 2.77. The molecule has 1 aliphatic heterocycles. The van der Waals surface area contributed by atoms with E-state index in [4.69, 9.17) is 0 Å². The normalized spacial score (nSPS) is 15.1. The van der Waals surface area contributed by atoms with E-state index >= 15 is 0 Å². The van der Waals surface area contributed by atoms with Crippen LogP contribution in [0.4, 0.5) is 0 Å². The van der Waals surface area contributed by atoms with E-state index in [9.17, 15) is 23.3 Å². The Morgan fingerprint density at radius 2 is 1.50 bits per heavy atom. The second-order valence-corrected chi connectivity index (χ2v) is 10.5. The molecule has 2 aromatic carbocycles. The fourth-order valence-corrected chi connectivity index (χ4v) is 4.98. The van der Waals surface area contributed by atoms with Crippen LogP contribution in [0.2, 0.25) is 0 Å². The molecule has 0 radical (unpaired) electrons. The van der Waals surface area contributed by atoms with Crippen LogP contribution in [0, 0.1) is 11.3 Å². The number of sulfonamides is 1. The minimum atomic E-state index is -3.82. The maximum absolute atomic E-state index is 12.9. The molecule has 0 unspecified atom stereocenters. The number of nitrogens with zero attached hydrogens (tertiary/aromatic N) is 3. The molecule has 2 aromatic rings. The number of rotatable bonds is 4. The van der Waals surface area contributed by atoms with Gasteiger partial charge in [0.05, 0.1) is 10.5 Å². The predicted molar refractivity (Wildman–Crippen MR) is 119 cm³/mol. The second-order valence-electron chi connectivity index (χ2n) is 8.59. The minimum absolute atomic E-state index is 0.0219. The van der Waals surface area contributed by atoms with Crippen molar-refractivity contribution in [3.8, 4) is 6.07 Å². The molecular formula is C23H26N4O4S. The van der Waals surface area contributed by atoms with E-state index in [1.807, 2.05) is 26.8 Å². The Morgan fingerprint density at radius 1 is 0.938 bits per heavy atom. The van der Waals surface area contributed by atoms with Gasteiger partial charge in [-0.05, 0) is 57.2 Å². The van der Waals surface area contributed by atoms with Gasteiger partial charge in [-0.1, -0.05) is 12.1 Å². The molecule has 168 valence electrons. The molecule has 2 amide bonds. The molecule has 0 aromatic heterocycles. The van der Waals surface area contributed by atoms with Crippen molar-refractivity contribution in [1.82, 2.24) is 14.5 Å². The zero-order valence-corrected chi connectivity index (χ0v) is 19.1. The van der Waals surface area contributed by atoms with E-state index in [-0.39, 0.29) is 54.0 Å². The number of amides is 2. The first-order valence-electron chi connectivity index (χ1n) is 10.2. The van der Waals surface area contributed by atoms with Crippen LogP contribution in [0.3, 0.4) is 0 Å². The Bertz CT molecular complexity index is 1150. The third kappa shape index (κ3) is 5.15. The standard InChI is InChI=1S/C23H26N4O4S/c1-23(2,3)25-21(28)17-8-10-18(11-9-17)22(29)26-12-14-27(15-13-26)32(30,31)20-7-5-4-6-19(20)16-24/h4-11H,12-15H2,1-3H3,(H,25,28). The first kappa shape index (κ1) is 23.4. The van der Waals surface area contributed by atoms with Gasteiger partial charge in [0.1, 0.15) is 6.07 Å². The van der Waals surface area contributed by atoms with Crippen molar-refractivity contribution in [2.24, 2.45) is 0 Å². The molecule has 3 rings (SSSR count). The number of carbonyl (C=O) groups is 2. The molecule has 0 saturated carbocycles. The lowest BCUT2D eigenvalue weighted by atomic mass is 10.1. The summed E-state index contributed by atoms with van der Waals surface area (Å²) in [5.74, 6) is -0.435. The van der Waals surface area contributed by atoms with Gasteiger partial charge in [-0.3, -0.25) is 9.59 Å². The molecule has 0 bridgehead atoms. The highest BCUT2D eigenvalue weighted by molar-refractivity contribution is 7.89. The summed E-state index contributed by atoms with van der Waals surface area (Å²) < 4.78 is 27.2. The van der Waals surface area contributed by atoms with Gasteiger partial charge in [-0.25, -0.2) is 8.42 Å². The van der Waals surface area contributed by atoms with Gasteiger partial charge >= 0.3 is 0 Å². The highest BCUT2D eigenvalue weighted by atomic mass is 32.2. The van der Waals surface area contributed by atoms with Gasteiger partial charge in [-0.15, -0.1) is 0 Å². The summed E-state index contributed by atoms with van der Waals surface area (Å²) >= 11 is 0. The van der Waals surface area contributed by atoms with Crippen molar-refractivity contribution >= 4 is 21.8 Å². The van der Waals surface area contributed by atoms with E-state index in [0.29, 0.717) is 11.1 Å². The average molecular weight is 455 g/mol. The van der Waals surface area contributed by atoms with E-state index in [1.54, 1.807) is 41.3 Å². The number of hydrogen-bond donors (Lipinski definition) is 1. The number of benzene rings is 2. The van der Waals surface area contributed by atoms with Crippen LogP contribution in [0.15, 0.2) is 53.4 Å². The summed E-state index contributed by atoms with van der Waals surface area (Å²) in [5.41, 5.74) is 0.632. The first-order chi connectivity index (χ1) is 15.0. The molecule has 1 N–H and O–H groups in total. The Hall–Kier alpha value is -3.22. The fraction of sp³-hybridized carbons (Fsp3) is 0.348. The second kappa shape index (κ2) is 9.10. The number of nitrogens with one attached hydrogen (secondary N) is 1. The predicted octanol–water partition coefficient (Wildman–Crippen LogP) is 2.23. The molecule has 1 heterocycles. The third-order valence-electron chi connectivity index (χ3n) is 5.03. The molecule has 32 heavy (non-hydrogen) atoms. The van der Waals surface area contributed by atoms with Gasteiger partial charge in [0.25, 0.3) is 11.8 Å². The smallest absolute Gasteiger partial charge is 0.253 e. The van der Waals surface area contributed by atoms with Crippen LogP contribution < -0.4 is 5.32 Å². The number of carbonyl (C=O) groups excluding carboxylic acids is 2. The number of piperazine rings is 1. The van der Waals surface area contributed by atoms with Crippen molar-refractivity contribution in [1.29, 1.82) is 5.26 Å². The summed E-state index contributed by atoms with van der Waals surface area (Å²) in [5, 5.41) is 12.1. The van der Waals surface area contributed by atoms with Crippen molar-refractivity contribution in [3.63, 3.8) is 0 Å².